The van der Waals surface area contributed by atoms with Gasteiger partial charge >= 0.3 is 6.18 Å². The lowest BCUT2D eigenvalue weighted by atomic mass is 10.1. The first-order valence-electron chi connectivity index (χ1n) is 5.75. The number of nitrogens with zero attached hydrogens (tertiary/aromatic N) is 2. The minimum Gasteiger partial charge on any atom is -0.394 e. The molecule has 0 saturated carbocycles. The maximum Gasteiger partial charge on any atom is 0.418 e. The average molecular weight is 281 g/mol. The molecule has 0 aliphatic heterocycles. The topological polar surface area (TPSA) is 57.0 Å². The van der Waals surface area contributed by atoms with Gasteiger partial charge in [-0.15, -0.1) is 0 Å². The molecule has 3 rings (SSSR count). The fraction of sp³-hybridized carbons (Fsp3) is 0.154. The van der Waals surface area contributed by atoms with E-state index < -0.39 is 11.7 Å². The molecule has 0 aliphatic rings. The van der Waals surface area contributed by atoms with Gasteiger partial charge in [0.2, 0.25) is 0 Å². The van der Waals surface area contributed by atoms with Crippen molar-refractivity contribution in [3.63, 3.8) is 0 Å². The largest absolute Gasteiger partial charge is 0.418 e. The van der Waals surface area contributed by atoms with E-state index in [0.717, 1.165) is 6.07 Å². The summed E-state index contributed by atoms with van der Waals surface area (Å²) in [5.74, 6) is 0.273. The first-order valence-corrected chi connectivity index (χ1v) is 5.75. The maximum atomic E-state index is 13.1. The van der Waals surface area contributed by atoms with E-state index in [1.54, 1.807) is 19.3 Å². The molecule has 0 amide bonds. The van der Waals surface area contributed by atoms with Crippen LogP contribution in [0.25, 0.3) is 22.2 Å². The van der Waals surface area contributed by atoms with Gasteiger partial charge in [0, 0.05) is 24.2 Å². The van der Waals surface area contributed by atoms with Crippen LogP contribution in [0.5, 0.6) is 0 Å². The third-order valence-corrected chi connectivity index (χ3v) is 3.15. The molecular weight excluding hydrogens is 271 g/mol. The van der Waals surface area contributed by atoms with Crippen LogP contribution in [0.15, 0.2) is 35.1 Å². The molecule has 2 N–H and O–H groups in total. The van der Waals surface area contributed by atoms with E-state index in [1.165, 1.54) is 16.8 Å². The molecule has 4 nitrogen and oxygen atoms in total. The highest BCUT2D eigenvalue weighted by Gasteiger charge is 2.34. The predicted octanol–water partition coefficient (Wildman–Crippen LogP) is 3.43. The third-order valence-electron chi connectivity index (χ3n) is 3.15. The zero-order valence-electron chi connectivity index (χ0n) is 10.4. The summed E-state index contributed by atoms with van der Waals surface area (Å²) in [4.78, 5) is 0. The fourth-order valence-electron chi connectivity index (χ4n) is 2.33. The minimum absolute atomic E-state index is 0.0887. The molecule has 3 aromatic rings. The number of nitrogens with two attached hydrogens (primary N) is 1. The van der Waals surface area contributed by atoms with Crippen LogP contribution in [-0.2, 0) is 13.2 Å². The molecule has 0 atom stereocenters. The van der Waals surface area contributed by atoms with Gasteiger partial charge in [-0.1, -0.05) is 17.3 Å². The van der Waals surface area contributed by atoms with Crippen LogP contribution in [0.1, 0.15) is 5.56 Å². The number of para-hydroxylation sites is 1. The molecule has 1 aromatic carbocycles. The Hall–Kier alpha value is -2.44. The molecule has 0 aliphatic carbocycles. The van der Waals surface area contributed by atoms with Crippen molar-refractivity contribution < 1.29 is 17.7 Å². The lowest BCUT2D eigenvalue weighted by Crippen LogP contribution is -2.07. The Morgan fingerprint density at radius 2 is 2.05 bits per heavy atom. The van der Waals surface area contributed by atoms with E-state index in [0.29, 0.717) is 10.9 Å². The third kappa shape index (κ3) is 1.74. The van der Waals surface area contributed by atoms with Crippen molar-refractivity contribution in [1.29, 1.82) is 0 Å². The molecule has 0 unspecified atom stereocenters. The zero-order chi connectivity index (χ0) is 14.5. The average Bonchev–Trinajstić information content (AvgIpc) is 2.92. The summed E-state index contributed by atoms with van der Waals surface area (Å²) in [5, 5.41) is 3.98. The molecule has 0 spiro atoms. The fourth-order valence-corrected chi connectivity index (χ4v) is 2.33. The second kappa shape index (κ2) is 4.03. The van der Waals surface area contributed by atoms with Crippen LogP contribution >= 0.6 is 0 Å². The number of fused-ring (bicyclic) bond motifs is 1. The van der Waals surface area contributed by atoms with Crippen molar-refractivity contribution in [1.82, 2.24) is 9.72 Å². The van der Waals surface area contributed by atoms with Crippen molar-refractivity contribution in [3.05, 3.63) is 36.2 Å². The van der Waals surface area contributed by atoms with E-state index in [4.69, 9.17) is 10.3 Å². The second-order valence-corrected chi connectivity index (χ2v) is 4.46. The standard InChI is InChI=1S/C13H10F3N3O/c1-19-6-8(12-10(17)5-18-20-12)7-3-2-4-9(11(7)19)13(14,15)16/h2-6H,17H2,1H3. The number of halogens is 3. The molecule has 104 valence electrons. The summed E-state index contributed by atoms with van der Waals surface area (Å²) in [6.07, 6.45) is -1.55. The summed E-state index contributed by atoms with van der Waals surface area (Å²) in [6, 6.07) is 4.01. The Bertz CT molecular complexity index is 786. The molecule has 0 fully saturated rings. The number of aryl methyl sites for hydroxylation is 1. The van der Waals surface area contributed by atoms with E-state index in [2.05, 4.69) is 5.16 Å². The molecule has 2 aromatic heterocycles. The lowest BCUT2D eigenvalue weighted by Gasteiger charge is -2.09. The van der Waals surface area contributed by atoms with Gasteiger partial charge in [-0.3, -0.25) is 0 Å². The Morgan fingerprint density at radius 1 is 1.30 bits per heavy atom. The van der Waals surface area contributed by atoms with Crippen LogP contribution < -0.4 is 5.73 Å². The molecule has 7 heteroatoms. The molecule has 20 heavy (non-hydrogen) atoms. The van der Waals surface area contributed by atoms with Gasteiger partial charge < -0.3 is 14.8 Å². The SMILES string of the molecule is Cn1cc(-c2oncc2N)c2cccc(C(F)(F)F)c21. The predicted molar refractivity (Wildman–Crippen MR) is 67.8 cm³/mol. The highest BCUT2D eigenvalue weighted by molar-refractivity contribution is 5.98. The van der Waals surface area contributed by atoms with E-state index in [1.807, 2.05) is 0 Å². The maximum absolute atomic E-state index is 13.1. The van der Waals surface area contributed by atoms with Gasteiger partial charge in [0.1, 0.15) is 5.69 Å². The summed E-state index contributed by atoms with van der Waals surface area (Å²) >= 11 is 0. The van der Waals surface area contributed by atoms with E-state index in [9.17, 15) is 13.2 Å². The van der Waals surface area contributed by atoms with Crippen molar-refractivity contribution >= 4 is 16.6 Å². The number of hydrogen-bond acceptors (Lipinski definition) is 3. The highest BCUT2D eigenvalue weighted by Crippen LogP contribution is 2.40. The molecule has 0 radical (unpaired) electrons. The molecular formula is C13H10F3N3O. The summed E-state index contributed by atoms with van der Waals surface area (Å²) in [5.41, 5.74) is 5.88. The van der Waals surface area contributed by atoms with Crippen LogP contribution in [0.3, 0.4) is 0 Å². The molecule has 2 heterocycles. The molecule has 0 bridgehead atoms. The van der Waals surface area contributed by atoms with Gasteiger partial charge in [0.25, 0.3) is 0 Å². The Labute approximate surface area is 111 Å². The number of rotatable bonds is 1. The normalized spacial score (nSPS) is 12.2. The number of aromatic nitrogens is 2. The van der Waals surface area contributed by atoms with Gasteiger partial charge in [0.15, 0.2) is 5.76 Å². The minimum atomic E-state index is -4.42. The Balaban J connectivity index is 2.37. The van der Waals surface area contributed by atoms with E-state index >= 15 is 0 Å². The van der Waals surface area contributed by atoms with Crippen molar-refractivity contribution in [3.8, 4) is 11.3 Å². The van der Waals surface area contributed by atoms with Crippen molar-refractivity contribution in [2.24, 2.45) is 7.05 Å². The Morgan fingerprint density at radius 3 is 2.65 bits per heavy atom. The van der Waals surface area contributed by atoms with Gasteiger partial charge in [-0.25, -0.2) is 0 Å². The quantitative estimate of drug-likeness (QED) is 0.743. The Kier molecular flexibility index (Phi) is 2.53. The van der Waals surface area contributed by atoms with Crippen molar-refractivity contribution in [2.45, 2.75) is 6.18 Å². The van der Waals surface area contributed by atoms with Gasteiger partial charge in [0.05, 0.1) is 17.3 Å². The highest BCUT2D eigenvalue weighted by atomic mass is 19.4. The lowest BCUT2D eigenvalue weighted by molar-refractivity contribution is -0.136. The van der Waals surface area contributed by atoms with Crippen LogP contribution in [0.4, 0.5) is 18.9 Å². The van der Waals surface area contributed by atoms with Gasteiger partial charge in [-0.05, 0) is 6.07 Å². The molecule has 0 saturated heterocycles. The number of benzene rings is 1. The number of alkyl halides is 3. The van der Waals surface area contributed by atoms with Crippen LogP contribution in [0, 0.1) is 0 Å². The zero-order valence-corrected chi connectivity index (χ0v) is 10.4. The summed E-state index contributed by atoms with van der Waals surface area (Å²) < 4.78 is 45.6. The number of hydrogen-bond donors (Lipinski definition) is 1. The van der Waals surface area contributed by atoms with Crippen LogP contribution in [0.2, 0.25) is 0 Å². The number of anilines is 1. The van der Waals surface area contributed by atoms with Crippen LogP contribution in [-0.4, -0.2) is 9.72 Å². The first kappa shape index (κ1) is 12.6. The smallest absolute Gasteiger partial charge is 0.394 e. The monoisotopic (exact) mass is 281 g/mol. The summed E-state index contributed by atoms with van der Waals surface area (Å²) in [6.45, 7) is 0. The second-order valence-electron chi connectivity index (χ2n) is 4.46. The van der Waals surface area contributed by atoms with E-state index in [-0.39, 0.29) is 17.0 Å². The summed E-state index contributed by atoms with van der Waals surface area (Å²) in [7, 11) is 1.55. The first-order chi connectivity index (χ1) is 9.39. The van der Waals surface area contributed by atoms with Crippen molar-refractivity contribution in [2.75, 3.05) is 5.73 Å². The number of nitrogen functional groups attached to an aromatic ring is 1. The van der Waals surface area contributed by atoms with Gasteiger partial charge in [-0.2, -0.15) is 13.2 Å².